The van der Waals surface area contributed by atoms with Gasteiger partial charge in [0.2, 0.25) is 0 Å². The first-order valence-electron chi connectivity index (χ1n) is 4.28. The first-order valence-corrected chi connectivity index (χ1v) is 6.06. The van der Waals surface area contributed by atoms with Crippen molar-refractivity contribution in [2.75, 3.05) is 11.1 Å². The van der Waals surface area contributed by atoms with Crippen molar-refractivity contribution in [2.24, 2.45) is 0 Å². The molecular formula is C10H12BrNS. The molecule has 1 nitrogen and oxygen atoms in total. The molecule has 0 saturated carbocycles. The highest BCUT2D eigenvalue weighted by Gasteiger charge is 2.25. The molecule has 0 atom stereocenters. The lowest BCUT2D eigenvalue weighted by atomic mass is 10.1. The lowest BCUT2D eigenvalue weighted by molar-refractivity contribution is 0.637. The number of hydrogen-bond acceptors (Lipinski definition) is 2. The van der Waals surface area contributed by atoms with Crippen molar-refractivity contribution in [3.8, 4) is 0 Å². The molecule has 0 fully saturated rings. The third kappa shape index (κ3) is 1.86. The van der Waals surface area contributed by atoms with Gasteiger partial charge in [0.15, 0.2) is 0 Å². The second kappa shape index (κ2) is 3.21. The maximum absolute atomic E-state index is 3.56. The van der Waals surface area contributed by atoms with E-state index in [2.05, 4.69) is 53.3 Å². The highest BCUT2D eigenvalue weighted by atomic mass is 79.9. The molecule has 1 aliphatic rings. The van der Waals surface area contributed by atoms with Gasteiger partial charge in [-0.1, -0.05) is 6.07 Å². The average Bonchev–Trinajstić information content (AvgIpc) is 2.02. The summed E-state index contributed by atoms with van der Waals surface area (Å²) in [6.45, 7) is 4.45. The monoisotopic (exact) mass is 257 g/mol. The van der Waals surface area contributed by atoms with Crippen molar-refractivity contribution < 1.29 is 0 Å². The van der Waals surface area contributed by atoms with Crippen molar-refractivity contribution in [3.63, 3.8) is 0 Å². The highest BCUT2D eigenvalue weighted by Crippen LogP contribution is 2.41. The number of thioether (sulfide) groups is 1. The minimum Gasteiger partial charge on any atom is -0.378 e. The second-order valence-electron chi connectivity index (χ2n) is 3.91. The van der Waals surface area contributed by atoms with Crippen LogP contribution in [0.3, 0.4) is 0 Å². The number of halogens is 1. The van der Waals surface area contributed by atoms with Crippen molar-refractivity contribution >= 4 is 33.4 Å². The van der Waals surface area contributed by atoms with E-state index < -0.39 is 0 Å². The summed E-state index contributed by atoms with van der Waals surface area (Å²) in [5, 5.41) is 3.53. The van der Waals surface area contributed by atoms with Crippen LogP contribution in [0.25, 0.3) is 0 Å². The van der Waals surface area contributed by atoms with Crippen molar-refractivity contribution in [3.05, 3.63) is 22.7 Å². The maximum Gasteiger partial charge on any atom is 0.0494 e. The van der Waals surface area contributed by atoms with Gasteiger partial charge >= 0.3 is 0 Å². The molecule has 1 aromatic rings. The zero-order valence-electron chi connectivity index (χ0n) is 7.73. The molecule has 13 heavy (non-hydrogen) atoms. The van der Waals surface area contributed by atoms with Gasteiger partial charge in [0.25, 0.3) is 0 Å². The third-order valence-corrected chi connectivity index (χ3v) is 4.54. The van der Waals surface area contributed by atoms with E-state index >= 15 is 0 Å². The first kappa shape index (κ1) is 9.41. The van der Waals surface area contributed by atoms with Gasteiger partial charge in [0.1, 0.15) is 0 Å². The molecular weight excluding hydrogens is 246 g/mol. The molecule has 0 amide bonds. The highest BCUT2D eigenvalue weighted by molar-refractivity contribution is 9.10. The molecule has 0 unspecified atom stereocenters. The Hall–Kier alpha value is -0.150. The number of hydrogen-bond donors (Lipinski definition) is 1. The summed E-state index contributed by atoms with van der Waals surface area (Å²) in [5.41, 5.74) is 1.45. The van der Waals surface area contributed by atoms with Gasteiger partial charge in [-0.3, -0.25) is 0 Å². The predicted octanol–water partition coefficient (Wildman–Crippen LogP) is 3.75. The fourth-order valence-corrected chi connectivity index (χ4v) is 3.17. The fraction of sp³-hybridized carbons (Fsp3) is 0.400. The van der Waals surface area contributed by atoms with Crippen LogP contribution >= 0.6 is 27.7 Å². The molecule has 2 rings (SSSR count). The summed E-state index contributed by atoms with van der Waals surface area (Å²) < 4.78 is 1.19. The van der Waals surface area contributed by atoms with Crippen LogP contribution in [0.15, 0.2) is 27.6 Å². The van der Waals surface area contributed by atoms with Crippen LogP contribution in [0.2, 0.25) is 0 Å². The molecule has 70 valence electrons. The Balaban J connectivity index is 2.42. The molecule has 3 heteroatoms. The zero-order valence-corrected chi connectivity index (χ0v) is 10.1. The Kier molecular flexibility index (Phi) is 2.32. The van der Waals surface area contributed by atoms with Gasteiger partial charge in [-0.15, -0.1) is 11.8 Å². The Morgan fingerprint density at radius 2 is 2.23 bits per heavy atom. The minimum absolute atomic E-state index is 0.207. The van der Waals surface area contributed by atoms with Crippen LogP contribution in [-0.2, 0) is 0 Å². The first-order chi connectivity index (χ1) is 6.08. The van der Waals surface area contributed by atoms with Crippen LogP contribution in [-0.4, -0.2) is 11.3 Å². The van der Waals surface area contributed by atoms with E-state index in [0.717, 1.165) is 5.75 Å². The summed E-state index contributed by atoms with van der Waals surface area (Å²) in [6, 6.07) is 6.29. The molecule has 0 spiro atoms. The largest absolute Gasteiger partial charge is 0.378 e. The maximum atomic E-state index is 3.56. The quantitative estimate of drug-likeness (QED) is 0.760. The SMILES string of the molecule is CC1(C)CSc2c(Br)cccc2N1. The van der Waals surface area contributed by atoms with Gasteiger partial charge in [0.05, 0.1) is 0 Å². The molecule has 1 heterocycles. The predicted molar refractivity (Wildman–Crippen MR) is 62.6 cm³/mol. The van der Waals surface area contributed by atoms with E-state index in [-0.39, 0.29) is 5.54 Å². The summed E-state index contributed by atoms with van der Waals surface area (Å²) >= 11 is 5.47. The smallest absolute Gasteiger partial charge is 0.0494 e. The van der Waals surface area contributed by atoms with E-state index in [1.54, 1.807) is 0 Å². The lowest BCUT2D eigenvalue weighted by Gasteiger charge is -2.33. The number of anilines is 1. The summed E-state index contributed by atoms with van der Waals surface area (Å²) in [4.78, 5) is 1.34. The molecule has 1 aromatic carbocycles. The Morgan fingerprint density at radius 3 is 3.00 bits per heavy atom. The van der Waals surface area contributed by atoms with Crippen molar-refractivity contribution in [1.29, 1.82) is 0 Å². The minimum atomic E-state index is 0.207. The molecule has 1 N–H and O–H groups in total. The second-order valence-corrected chi connectivity index (χ2v) is 5.75. The number of nitrogens with one attached hydrogen (secondary N) is 1. The fourth-order valence-electron chi connectivity index (χ4n) is 1.41. The molecule has 0 aromatic heterocycles. The number of fused-ring (bicyclic) bond motifs is 1. The van der Waals surface area contributed by atoms with Crippen LogP contribution in [0, 0.1) is 0 Å². The van der Waals surface area contributed by atoms with Crippen LogP contribution < -0.4 is 5.32 Å². The summed E-state index contributed by atoms with van der Waals surface area (Å²) in [5.74, 6) is 1.11. The van der Waals surface area contributed by atoms with E-state index in [9.17, 15) is 0 Å². The topological polar surface area (TPSA) is 12.0 Å². The standard InChI is InChI=1S/C10H12BrNS/c1-10(2)6-13-9-7(11)4-3-5-8(9)12-10/h3-5,12H,6H2,1-2H3. The van der Waals surface area contributed by atoms with Crippen molar-refractivity contribution in [1.82, 2.24) is 0 Å². The Morgan fingerprint density at radius 1 is 1.46 bits per heavy atom. The molecule has 0 saturated heterocycles. The van der Waals surface area contributed by atoms with Gasteiger partial charge in [-0.05, 0) is 41.9 Å². The molecule has 0 bridgehead atoms. The average molecular weight is 258 g/mol. The molecule has 0 aliphatic carbocycles. The van der Waals surface area contributed by atoms with Gasteiger partial charge in [0, 0.05) is 26.3 Å². The normalized spacial score (nSPS) is 19.0. The molecule has 0 radical (unpaired) electrons. The number of benzene rings is 1. The molecule has 1 aliphatic heterocycles. The van der Waals surface area contributed by atoms with Gasteiger partial charge in [-0.2, -0.15) is 0 Å². The third-order valence-electron chi connectivity index (χ3n) is 2.02. The number of rotatable bonds is 0. The Labute approximate surface area is 91.4 Å². The van der Waals surface area contributed by atoms with Gasteiger partial charge < -0.3 is 5.32 Å². The zero-order chi connectivity index (χ0) is 9.47. The summed E-state index contributed by atoms with van der Waals surface area (Å²) in [6.07, 6.45) is 0. The van der Waals surface area contributed by atoms with Crippen LogP contribution in [0.5, 0.6) is 0 Å². The van der Waals surface area contributed by atoms with E-state index in [1.165, 1.54) is 15.1 Å². The summed E-state index contributed by atoms with van der Waals surface area (Å²) in [7, 11) is 0. The van der Waals surface area contributed by atoms with E-state index in [4.69, 9.17) is 0 Å². The lowest BCUT2D eigenvalue weighted by Crippen LogP contribution is -2.36. The van der Waals surface area contributed by atoms with Gasteiger partial charge in [-0.25, -0.2) is 0 Å². The van der Waals surface area contributed by atoms with E-state index in [1.807, 2.05) is 11.8 Å². The van der Waals surface area contributed by atoms with E-state index in [0.29, 0.717) is 0 Å². The van der Waals surface area contributed by atoms with Crippen LogP contribution in [0.1, 0.15) is 13.8 Å². The van der Waals surface area contributed by atoms with Crippen LogP contribution in [0.4, 0.5) is 5.69 Å². The Bertz CT molecular complexity index is 336. The van der Waals surface area contributed by atoms with Crippen molar-refractivity contribution in [2.45, 2.75) is 24.3 Å².